The molecule has 0 radical (unpaired) electrons. The number of hydrogen-bond acceptors (Lipinski definition) is 2. The van der Waals surface area contributed by atoms with Crippen molar-refractivity contribution in [1.29, 1.82) is 0 Å². The monoisotopic (exact) mass is 232 g/mol. The molecule has 2 aromatic rings. The summed E-state index contributed by atoms with van der Waals surface area (Å²) in [4.78, 5) is 0. The molecule has 0 unspecified atom stereocenters. The molecule has 1 aromatic heterocycles. The maximum absolute atomic E-state index is 9.07. The molecule has 2 rings (SSSR count). The van der Waals surface area contributed by atoms with E-state index in [1.165, 1.54) is 0 Å². The molecular weight excluding hydrogens is 227 g/mol. The van der Waals surface area contributed by atoms with Crippen LogP contribution in [-0.2, 0) is 6.61 Å². The maximum atomic E-state index is 9.07. The van der Waals surface area contributed by atoms with Gasteiger partial charge in [0.05, 0.1) is 16.7 Å². The fourth-order valence-electron chi connectivity index (χ4n) is 1.26. The normalized spacial score (nSPS) is 11.0. The van der Waals surface area contributed by atoms with Gasteiger partial charge in [-0.3, -0.25) is 0 Å². The van der Waals surface area contributed by atoms with Crippen molar-refractivity contribution in [1.82, 2.24) is 0 Å². The molecule has 13 heavy (non-hydrogen) atoms. The summed E-state index contributed by atoms with van der Waals surface area (Å²) in [5.74, 6) is 0. The van der Waals surface area contributed by atoms with Crippen LogP contribution in [0, 0.1) is 0 Å². The summed E-state index contributed by atoms with van der Waals surface area (Å²) in [6.45, 7) is -0.00605. The average Bonchev–Trinajstić information content (AvgIpc) is 2.60. The highest BCUT2D eigenvalue weighted by molar-refractivity contribution is 7.17. The van der Waals surface area contributed by atoms with Crippen molar-refractivity contribution in [3.8, 4) is 0 Å². The lowest BCUT2D eigenvalue weighted by atomic mass is 10.2. The summed E-state index contributed by atoms with van der Waals surface area (Å²) in [7, 11) is 0. The first-order valence-corrected chi connectivity index (χ1v) is 5.32. The fourth-order valence-corrected chi connectivity index (χ4v) is 2.67. The smallest absolute Gasteiger partial charge is 0.0696 e. The third kappa shape index (κ3) is 1.44. The Morgan fingerprint density at radius 3 is 2.85 bits per heavy atom. The first-order valence-electron chi connectivity index (χ1n) is 3.69. The summed E-state index contributed by atoms with van der Waals surface area (Å²) in [6, 6.07) is 3.62. The molecule has 1 heterocycles. The van der Waals surface area contributed by atoms with Gasteiger partial charge < -0.3 is 5.11 Å². The molecule has 0 fully saturated rings. The van der Waals surface area contributed by atoms with Gasteiger partial charge in [0.15, 0.2) is 0 Å². The van der Waals surface area contributed by atoms with Crippen LogP contribution in [0.3, 0.4) is 0 Å². The Morgan fingerprint density at radius 1 is 1.38 bits per heavy atom. The predicted molar refractivity (Wildman–Crippen MR) is 57.8 cm³/mol. The Kier molecular flexibility index (Phi) is 2.47. The van der Waals surface area contributed by atoms with E-state index in [0.717, 1.165) is 15.6 Å². The van der Waals surface area contributed by atoms with Crippen molar-refractivity contribution in [2.45, 2.75) is 6.61 Å². The summed E-state index contributed by atoms with van der Waals surface area (Å²) < 4.78 is 1.01. The minimum atomic E-state index is -0.00605. The van der Waals surface area contributed by atoms with E-state index in [1.807, 2.05) is 11.4 Å². The third-order valence-electron chi connectivity index (χ3n) is 1.87. The van der Waals surface area contributed by atoms with Crippen LogP contribution in [0.4, 0.5) is 0 Å². The molecule has 4 heteroatoms. The highest BCUT2D eigenvalue weighted by Gasteiger charge is 2.09. The summed E-state index contributed by atoms with van der Waals surface area (Å²) in [5, 5.41) is 13.0. The van der Waals surface area contributed by atoms with Crippen molar-refractivity contribution in [3.05, 3.63) is 33.1 Å². The van der Waals surface area contributed by atoms with Gasteiger partial charge in [-0.25, -0.2) is 0 Å². The first-order chi connectivity index (χ1) is 6.24. The quantitative estimate of drug-likeness (QED) is 0.796. The van der Waals surface area contributed by atoms with Crippen molar-refractivity contribution in [2.24, 2.45) is 0 Å². The Hall–Kier alpha value is -0.280. The highest BCUT2D eigenvalue weighted by atomic mass is 35.5. The molecule has 0 spiro atoms. The standard InChI is InChI=1S/C9H6Cl2OS/c10-7-3-5(4-12)9-6(8(7)11)1-2-13-9/h1-3,12H,4H2. The van der Waals surface area contributed by atoms with E-state index >= 15 is 0 Å². The number of aliphatic hydroxyl groups is 1. The lowest BCUT2D eigenvalue weighted by molar-refractivity contribution is 0.283. The fraction of sp³-hybridized carbons (Fsp3) is 0.111. The Labute approximate surface area is 89.5 Å². The third-order valence-corrected chi connectivity index (χ3v) is 3.67. The molecule has 1 aromatic carbocycles. The minimum absolute atomic E-state index is 0.00605. The second-order valence-corrected chi connectivity index (χ2v) is 4.35. The molecule has 1 nitrogen and oxygen atoms in total. The molecular formula is C9H6Cl2OS. The highest BCUT2D eigenvalue weighted by Crippen LogP contribution is 2.36. The Bertz CT molecular complexity index is 450. The molecule has 0 saturated carbocycles. The zero-order valence-electron chi connectivity index (χ0n) is 6.55. The van der Waals surface area contributed by atoms with E-state index in [9.17, 15) is 0 Å². The molecule has 0 atom stereocenters. The van der Waals surface area contributed by atoms with E-state index in [0.29, 0.717) is 10.0 Å². The van der Waals surface area contributed by atoms with Gasteiger partial charge in [-0.05, 0) is 23.1 Å². The van der Waals surface area contributed by atoms with Crippen LogP contribution < -0.4 is 0 Å². The van der Waals surface area contributed by atoms with Crippen LogP contribution in [0.5, 0.6) is 0 Å². The van der Waals surface area contributed by atoms with Crippen LogP contribution in [-0.4, -0.2) is 5.11 Å². The number of rotatable bonds is 1. The average molecular weight is 233 g/mol. The molecule has 0 aliphatic carbocycles. The van der Waals surface area contributed by atoms with E-state index in [4.69, 9.17) is 28.3 Å². The Balaban J connectivity index is 2.87. The van der Waals surface area contributed by atoms with Gasteiger partial charge in [0.2, 0.25) is 0 Å². The molecule has 0 amide bonds. The van der Waals surface area contributed by atoms with E-state index in [2.05, 4.69) is 0 Å². The SMILES string of the molecule is OCc1cc(Cl)c(Cl)c2ccsc12. The summed E-state index contributed by atoms with van der Waals surface area (Å²) in [6.07, 6.45) is 0. The van der Waals surface area contributed by atoms with Crippen molar-refractivity contribution >= 4 is 44.6 Å². The van der Waals surface area contributed by atoms with Gasteiger partial charge in [-0.2, -0.15) is 0 Å². The lowest BCUT2D eigenvalue weighted by Crippen LogP contribution is -1.83. The second-order valence-electron chi connectivity index (χ2n) is 2.65. The van der Waals surface area contributed by atoms with Crippen LogP contribution in [0.2, 0.25) is 10.0 Å². The van der Waals surface area contributed by atoms with E-state index in [-0.39, 0.29) is 6.61 Å². The number of aliphatic hydroxyl groups excluding tert-OH is 1. The van der Waals surface area contributed by atoms with Gasteiger partial charge >= 0.3 is 0 Å². The number of hydrogen-bond donors (Lipinski definition) is 1. The van der Waals surface area contributed by atoms with Gasteiger partial charge in [-0.1, -0.05) is 23.2 Å². The van der Waals surface area contributed by atoms with Gasteiger partial charge in [0, 0.05) is 10.1 Å². The zero-order chi connectivity index (χ0) is 9.42. The van der Waals surface area contributed by atoms with Crippen LogP contribution in [0.25, 0.3) is 10.1 Å². The molecule has 0 aliphatic rings. The Morgan fingerprint density at radius 2 is 2.15 bits per heavy atom. The predicted octanol–water partition coefficient (Wildman–Crippen LogP) is 3.70. The van der Waals surface area contributed by atoms with Crippen LogP contribution >= 0.6 is 34.5 Å². The topological polar surface area (TPSA) is 20.2 Å². The largest absolute Gasteiger partial charge is 0.392 e. The maximum Gasteiger partial charge on any atom is 0.0696 e. The zero-order valence-corrected chi connectivity index (χ0v) is 8.88. The second kappa shape index (κ2) is 3.46. The van der Waals surface area contributed by atoms with E-state index < -0.39 is 0 Å². The van der Waals surface area contributed by atoms with Crippen molar-refractivity contribution in [2.75, 3.05) is 0 Å². The van der Waals surface area contributed by atoms with Gasteiger partial charge in [-0.15, -0.1) is 11.3 Å². The summed E-state index contributed by atoms with van der Waals surface area (Å²) in [5.41, 5.74) is 0.833. The minimum Gasteiger partial charge on any atom is -0.392 e. The van der Waals surface area contributed by atoms with Gasteiger partial charge in [0.1, 0.15) is 0 Å². The number of thiophene rings is 1. The lowest BCUT2D eigenvalue weighted by Gasteiger charge is -2.02. The molecule has 0 bridgehead atoms. The van der Waals surface area contributed by atoms with Gasteiger partial charge in [0.25, 0.3) is 0 Å². The molecule has 68 valence electrons. The summed E-state index contributed by atoms with van der Waals surface area (Å²) >= 11 is 13.4. The van der Waals surface area contributed by atoms with E-state index in [1.54, 1.807) is 17.4 Å². The van der Waals surface area contributed by atoms with Crippen molar-refractivity contribution < 1.29 is 5.11 Å². The molecule has 1 N–H and O–H groups in total. The molecule has 0 saturated heterocycles. The molecule has 0 aliphatic heterocycles. The van der Waals surface area contributed by atoms with Crippen molar-refractivity contribution in [3.63, 3.8) is 0 Å². The van der Waals surface area contributed by atoms with Crippen LogP contribution in [0.1, 0.15) is 5.56 Å². The first kappa shape index (κ1) is 9.28. The number of benzene rings is 1. The number of fused-ring (bicyclic) bond motifs is 1. The van der Waals surface area contributed by atoms with Crippen LogP contribution in [0.15, 0.2) is 17.5 Å². The number of halogens is 2.